The van der Waals surface area contributed by atoms with Gasteiger partial charge in [0.25, 0.3) is 0 Å². The second-order valence-corrected chi connectivity index (χ2v) is 10.3. The van der Waals surface area contributed by atoms with Crippen LogP contribution in [0.25, 0.3) is 37.4 Å². The van der Waals surface area contributed by atoms with Crippen molar-refractivity contribution in [1.82, 2.24) is 0 Å². The molecule has 28 heavy (non-hydrogen) atoms. The summed E-state index contributed by atoms with van der Waals surface area (Å²) in [5, 5.41) is 4.25. The fourth-order valence-electron chi connectivity index (χ4n) is 5.10. The lowest BCUT2D eigenvalue weighted by Crippen LogP contribution is -2.06. The topological polar surface area (TPSA) is 0 Å². The van der Waals surface area contributed by atoms with Gasteiger partial charge < -0.3 is 0 Å². The van der Waals surface area contributed by atoms with E-state index in [9.17, 15) is 0 Å². The molecule has 0 bridgehead atoms. The average molecular weight is 399 g/mol. The van der Waals surface area contributed by atoms with Gasteiger partial charge in [0.1, 0.15) is 0 Å². The van der Waals surface area contributed by atoms with Crippen molar-refractivity contribution in [3.05, 3.63) is 70.3 Å². The Bertz CT molecular complexity index is 1320. The highest BCUT2D eigenvalue weighted by atomic mass is 32.2. The van der Waals surface area contributed by atoms with E-state index in [2.05, 4.69) is 69.3 Å². The number of thiophene rings is 1. The van der Waals surface area contributed by atoms with Crippen LogP contribution in [0.2, 0.25) is 0 Å². The molecule has 0 N–H and O–H groups in total. The summed E-state index contributed by atoms with van der Waals surface area (Å²) in [6.07, 6.45) is 5.87. The number of aryl methyl sites for hydroxylation is 1. The highest BCUT2D eigenvalue weighted by molar-refractivity contribution is 7.98. The van der Waals surface area contributed by atoms with E-state index in [1.807, 2.05) is 23.1 Å². The minimum absolute atomic E-state index is 0.626. The van der Waals surface area contributed by atoms with Crippen LogP contribution in [0.3, 0.4) is 0 Å². The lowest BCUT2D eigenvalue weighted by Gasteiger charge is -2.26. The van der Waals surface area contributed by atoms with Crippen molar-refractivity contribution >= 4 is 50.0 Å². The molecule has 0 radical (unpaired) electrons. The quantitative estimate of drug-likeness (QED) is 0.286. The van der Waals surface area contributed by atoms with Crippen molar-refractivity contribution in [1.29, 1.82) is 0 Å². The molecule has 0 saturated carbocycles. The van der Waals surface area contributed by atoms with E-state index < -0.39 is 0 Å². The lowest BCUT2D eigenvalue weighted by molar-refractivity contribution is 0.767. The fraction of sp³-hybridized carbons (Fsp3) is 0.231. The molecule has 0 saturated heterocycles. The highest BCUT2D eigenvalue weighted by Gasteiger charge is 2.28. The Morgan fingerprint density at radius 3 is 2.79 bits per heavy atom. The summed E-state index contributed by atoms with van der Waals surface area (Å²) < 4.78 is 1.44. The number of hydrogen-bond acceptors (Lipinski definition) is 2. The van der Waals surface area contributed by atoms with Crippen LogP contribution < -0.4 is 0 Å². The Kier molecular flexibility index (Phi) is 3.61. The molecular weight excluding hydrogens is 376 g/mol. The van der Waals surface area contributed by atoms with Gasteiger partial charge in [-0.3, -0.25) is 0 Å². The molecule has 0 spiro atoms. The molecule has 0 nitrogen and oxygen atoms in total. The number of allylic oxidation sites excluding steroid dienone is 1. The third kappa shape index (κ3) is 2.19. The number of rotatable bonds is 0. The van der Waals surface area contributed by atoms with Crippen molar-refractivity contribution < 1.29 is 0 Å². The lowest BCUT2D eigenvalue weighted by atomic mass is 9.84. The van der Waals surface area contributed by atoms with Crippen molar-refractivity contribution in [2.45, 2.75) is 43.8 Å². The van der Waals surface area contributed by atoms with Crippen molar-refractivity contribution in [2.75, 3.05) is 0 Å². The van der Waals surface area contributed by atoms with Gasteiger partial charge in [0.05, 0.1) is 0 Å². The fourth-order valence-corrected chi connectivity index (χ4v) is 7.90. The zero-order valence-electron chi connectivity index (χ0n) is 16.4. The molecule has 1 aliphatic carbocycles. The SMILES string of the molecule is Cc1c2c(cc3c1-c1sc4cc5ccccc5c(C)c4c1CS3)C(C)CC=C2. The first kappa shape index (κ1) is 16.9. The van der Waals surface area contributed by atoms with Crippen LogP contribution in [0, 0.1) is 13.8 Å². The van der Waals surface area contributed by atoms with E-state index >= 15 is 0 Å². The van der Waals surface area contributed by atoms with Crippen LogP contribution in [-0.2, 0) is 5.75 Å². The summed E-state index contributed by atoms with van der Waals surface area (Å²) in [5.74, 6) is 1.71. The monoisotopic (exact) mass is 398 g/mol. The van der Waals surface area contributed by atoms with Crippen molar-refractivity contribution in [3.8, 4) is 10.4 Å². The zero-order valence-corrected chi connectivity index (χ0v) is 18.1. The number of benzene rings is 3. The van der Waals surface area contributed by atoms with Crippen LogP contribution in [0.1, 0.15) is 47.1 Å². The number of fused-ring (bicyclic) bond motifs is 7. The summed E-state index contributed by atoms with van der Waals surface area (Å²) in [6.45, 7) is 7.01. The van der Waals surface area contributed by atoms with Crippen LogP contribution in [0.15, 0.2) is 47.4 Å². The van der Waals surface area contributed by atoms with Gasteiger partial charge in [-0.2, -0.15) is 0 Å². The molecular formula is C26H22S2. The van der Waals surface area contributed by atoms with Crippen molar-refractivity contribution in [3.63, 3.8) is 0 Å². The third-order valence-corrected chi connectivity index (χ3v) is 8.85. The maximum atomic E-state index is 2.49. The molecule has 0 amide bonds. The van der Waals surface area contributed by atoms with E-state index in [1.165, 1.54) is 58.4 Å². The second kappa shape index (κ2) is 5.98. The van der Waals surface area contributed by atoms with Gasteiger partial charge in [-0.05, 0) is 76.9 Å². The van der Waals surface area contributed by atoms with Gasteiger partial charge in [-0.15, -0.1) is 23.1 Å². The summed E-state index contributed by atoms with van der Waals surface area (Å²) in [7, 11) is 0. The molecule has 138 valence electrons. The molecule has 2 heterocycles. The van der Waals surface area contributed by atoms with Crippen LogP contribution in [0.4, 0.5) is 0 Å². The molecule has 2 heteroatoms. The Hall–Kier alpha value is -2.03. The Morgan fingerprint density at radius 1 is 1.04 bits per heavy atom. The molecule has 4 aromatic rings. The minimum atomic E-state index is 0.626. The summed E-state index contributed by atoms with van der Waals surface area (Å²) >= 11 is 4.04. The Balaban J connectivity index is 1.70. The molecule has 1 aromatic heterocycles. The molecule has 1 unspecified atom stereocenters. The molecule has 1 aliphatic heterocycles. The largest absolute Gasteiger partial charge is 0.135 e. The van der Waals surface area contributed by atoms with Gasteiger partial charge in [-0.1, -0.05) is 43.3 Å². The van der Waals surface area contributed by atoms with E-state index in [-0.39, 0.29) is 0 Å². The smallest absolute Gasteiger partial charge is 0.0410 e. The Morgan fingerprint density at radius 2 is 1.89 bits per heavy atom. The predicted octanol–water partition coefficient (Wildman–Crippen LogP) is 8.46. The molecule has 1 atom stereocenters. The highest BCUT2D eigenvalue weighted by Crippen LogP contribution is 2.53. The van der Waals surface area contributed by atoms with Gasteiger partial charge >= 0.3 is 0 Å². The number of hydrogen-bond donors (Lipinski definition) is 0. The van der Waals surface area contributed by atoms with Crippen LogP contribution in [0.5, 0.6) is 0 Å². The number of thioether (sulfide) groups is 1. The molecule has 3 aromatic carbocycles. The maximum absolute atomic E-state index is 2.49. The molecule has 2 aliphatic rings. The molecule has 0 fully saturated rings. The maximum Gasteiger partial charge on any atom is 0.0410 e. The van der Waals surface area contributed by atoms with Crippen LogP contribution in [-0.4, -0.2) is 0 Å². The van der Waals surface area contributed by atoms with E-state index in [4.69, 9.17) is 0 Å². The zero-order chi connectivity index (χ0) is 19.0. The third-order valence-electron chi connectivity index (χ3n) is 6.59. The standard InChI is InChI=1S/C26H22S2/c1-14-7-6-10-19-16(3)25-22(12-20(14)19)27-13-21-24-15(2)18-9-5-4-8-17(18)11-23(24)28-26(21)25/h4-6,8-12,14H,7,13H2,1-3H3. The van der Waals surface area contributed by atoms with Gasteiger partial charge in [0, 0.05) is 31.2 Å². The summed E-state index contributed by atoms with van der Waals surface area (Å²) in [6, 6.07) is 13.7. The van der Waals surface area contributed by atoms with Crippen LogP contribution >= 0.6 is 23.1 Å². The predicted molar refractivity (Wildman–Crippen MR) is 126 cm³/mol. The average Bonchev–Trinajstić information content (AvgIpc) is 3.07. The van der Waals surface area contributed by atoms with Gasteiger partial charge in [0.2, 0.25) is 0 Å². The normalized spacial score (nSPS) is 17.6. The van der Waals surface area contributed by atoms with Gasteiger partial charge in [-0.25, -0.2) is 0 Å². The summed E-state index contributed by atoms with van der Waals surface area (Å²) in [4.78, 5) is 2.99. The Labute approximate surface area is 174 Å². The summed E-state index contributed by atoms with van der Waals surface area (Å²) in [5.41, 5.74) is 8.96. The second-order valence-electron chi connectivity index (χ2n) is 8.21. The first-order valence-electron chi connectivity index (χ1n) is 10.0. The van der Waals surface area contributed by atoms with E-state index in [0.29, 0.717) is 5.92 Å². The van der Waals surface area contributed by atoms with E-state index in [0.717, 1.165) is 12.2 Å². The first-order valence-corrected chi connectivity index (χ1v) is 11.8. The van der Waals surface area contributed by atoms with Gasteiger partial charge in [0.15, 0.2) is 0 Å². The first-order chi connectivity index (χ1) is 13.6. The van der Waals surface area contributed by atoms with E-state index in [1.54, 1.807) is 5.56 Å². The minimum Gasteiger partial charge on any atom is -0.135 e. The molecule has 6 rings (SSSR count). The van der Waals surface area contributed by atoms with Crippen molar-refractivity contribution in [2.24, 2.45) is 0 Å².